The zero-order chi connectivity index (χ0) is 18.6. The largest absolute Gasteiger partial charge is 0.378 e. The van der Waals surface area contributed by atoms with Crippen molar-refractivity contribution in [1.82, 2.24) is 0 Å². The van der Waals surface area contributed by atoms with Crippen molar-refractivity contribution in [3.8, 4) is 0 Å². The molecule has 0 aliphatic carbocycles. The molecule has 7 heteroatoms. The van der Waals surface area contributed by atoms with Crippen LogP contribution in [0.3, 0.4) is 0 Å². The van der Waals surface area contributed by atoms with Gasteiger partial charge in [-0.2, -0.15) is 0 Å². The van der Waals surface area contributed by atoms with E-state index in [2.05, 4.69) is 10.2 Å². The summed E-state index contributed by atoms with van der Waals surface area (Å²) in [6, 6.07) is 13.8. The summed E-state index contributed by atoms with van der Waals surface area (Å²) < 4.78 is 29.8. The third-order valence-corrected chi connectivity index (χ3v) is 6.13. The zero-order valence-electron chi connectivity index (χ0n) is 14.6. The van der Waals surface area contributed by atoms with Crippen LogP contribution in [0.15, 0.2) is 53.4 Å². The molecule has 0 saturated carbocycles. The number of benzene rings is 2. The summed E-state index contributed by atoms with van der Waals surface area (Å²) in [6.07, 6.45) is 0. The number of nitrogens with zero attached hydrogens (tertiary/aromatic N) is 1. The predicted octanol–water partition coefficient (Wildman–Crippen LogP) is 2.57. The van der Waals surface area contributed by atoms with Gasteiger partial charge in [-0.05, 0) is 36.4 Å². The molecule has 3 rings (SSSR count). The summed E-state index contributed by atoms with van der Waals surface area (Å²) in [6.45, 7) is 4.67. The van der Waals surface area contributed by atoms with Gasteiger partial charge in [0.25, 0.3) is 5.91 Å². The van der Waals surface area contributed by atoms with Crippen molar-refractivity contribution in [3.63, 3.8) is 0 Å². The van der Waals surface area contributed by atoms with E-state index in [1.807, 2.05) is 24.3 Å². The summed E-state index contributed by atoms with van der Waals surface area (Å²) in [7, 11) is -3.47. The Labute approximate surface area is 153 Å². The van der Waals surface area contributed by atoms with E-state index in [0.29, 0.717) is 18.9 Å². The maximum absolute atomic E-state index is 12.6. The Hall–Kier alpha value is -2.38. The zero-order valence-corrected chi connectivity index (χ0v) is 15.5. The molecular weight excluding hydrogens is 352 g/mol. The standard InChI is InChI=1S/C19H22N2O4S/c1-2-26(23,24)18-6-4-3-5-17(18)19(22)20-15-7-9-16(10-8-15)21-11-13-25-14-12-21/h3-10H,2,11-14H2,1H3,(H,20,22). The number of carbonyl (C=O) groups excluding carboxylic acids is 1. The number of sulfone groups is 1. The fourth-order valence-corrected chi connectivity index (χ4v) is 3.95. The molecule has 0 atom stereocenters. The van der Waals surface area contributed by atoms with Crippen molar-refractivity contribution in [3.05, 3.63) is 54.1 Å². The second-order valence-electron chi connectivity index (χ2n) is 6.00. The maximum atomic E-state index is 12.6. The minimum atomic E-state index is -3.47. The molecule has 0 radical (unpaired) electrons. The smallest absolute Gasteiger partial charge is 0.256 e. The molecule has 1 aliphatic rings. The first kappa shape index (κ1) is 18.4. The summed E-state index contributed by atoms with van der Waals surface area (Å²) in [5.74, 6) is -0.484. The first-order valence-corrected chi connectivity index (χ1v) is 10.2. The Bertz CT molecular complexity index is 873. The van der Waals surface area contributed by atoms with E-state index in [0.717, 1.165) is 18.8 Å². The lowest BCUT2D eigenvalue weighted by Crippen LogP contribution is -2.36. The highest BCUT2D eigenvalue weighted by molar-refractivity contribution is 7.91. The Morgan fingerprint density at radius 1 is 1.08 bits per heavy atom. The number of anilines is 2. The Balaban J connectivity index is 1.76. The topological polar surface area (TPSA) is 75.7 Å². The SMILES string of the molecule is CCS(=O)(=O)c1ccccc1C(=O)Nc1ccc(N2CCOCC2)cc1. The van der Waals surface area contributed by atoms with Gasteiger partial charge in [-0.25, -0.2) is 8.42 Å². The van der Waals surface area contributed by atoms with Crippen LogP contribution in [-0.4, -0.2) is 46.4 Å². The van der Waals surface area contributed by atoms with Crippen molar-refractivity contribution in [2.75, 3.05) is 42.3 Å². The second kappa shape index (κ2) is 7.88. The number of morpholine rings is 1. The summed E-state index contributed by atoms with van der Waals surface area (Å²) in [4.78, 5) is 14.9. The van der Waals surface area contributed by atoms with Crippen molar-refractivity contribution in [1.29, 1.82) is 0 Å². The minimum Gasteiger partial charge on any atom is -0.378 e. The third kappa shape index (κ3) is 4.05. The van der Waals surface area contributed by atoms with Crippen molar-refractivity contribution in [2.24, 2.45) is 0 Å². The fourth-order valence-electron chi connectivity index (χ4n) is 2.86. The molecule has 1 saturated heterocycles. The number of hydrogen-bond donors (Lipinski definition) is 1. The van der Waals surface area contributed by atoms with E-state index in [4.69, 9.17) is 4.74 Å². The number of hydrogen-bond acceptors (Lipinski definition) is 5. The Kier molecular flexibility index (Phi) is 5.58. The van der Waals surface area contributed by atoms with Crippen molar-refractivity contribution in [2.45, 2.75) is 11.8 Å². The number of ether oxygens (including phenoxy) is 1. The van der Waals surface area contributed by atoms with Gasteiger partial charge in [0.15, 0.2) is 9.84 Å². The van der Waals surface area contributed by atoms with Crippen molar-refractivity contribution < 1.29 is 17.9 Å². The number of rotatable bonds is 5. The van der Waals surface area contributed by atoms with Gasteiger partial charge in [0, 0.05) is 24.5 Å². The van der Waals surface area contributed by atoms with E-state index in [1.54, 1.807) is 19.1 Å². The van der Waals surface area contributed by atoms with E-state index in [1.165, 1.54) is 12.1 Å². The van der Waals surface area contributed by atoms with Crippen molar-refractivity contribution >= 4 is 27.1 Å². The van der Waals surface area contributed by atoms with Crippen LogP contribution in [-0.2, 0) is 14.6 Å². The Morgan fingerprint density at radius 2 is 1.73 bits per heavy atom. The molecule has 1 fully saturated rings. The first-order valence-electron chi connectivity index (χ1n) is 8.57. The summed E-state index contributed by atoms with van der Waals surface area (Å²) in [5.41, 5.74) is 1.85. The molecule has 1 amide bonds. The Morgan fingerprint density at radius 3 is 2.38 bits per heavy atom. The highest BCUT2D eigenvalue weighted by Crippen LogP contribution is 2.21. The molecule has 1 heterocycles. The van der Waals surface area contributed by atoms with Gasteiger partial charge in [0.1, 0.15) is 0 Å². The molecular formula is C19H22N2O4S. The van der Waals surface area contributed by atoms with Gasteiger partial charge in [-0.1, -0.05) is 19.1 Å². The molecule has 0 aromatic heterocycles. The van der Waals surface area contributed by atoms with Crippen LogP contribution >= 0.6 is 0 Å². The number of carbonyl (C=O) groups is 1. The monoisotopic (exact) mass is 374 g/mol. The summed E-state index contributed by atoms with van der Waals surface area (Å²) in [5, 5.41) is 2.78. The van der Waals surface area contributed by atoms with E-state index >= 15 is 0 Å². The van der Waals surface area contributed by atoms with Gasteiger partial charge in [0.05, 0.1) is 29.4 Å². The van der Waals surface area contributed by atoms with Crippen LogP contribution in [0.1, 0.15) is 17.3 Å². The second-order valence-corrected chi connectivity index (χ2v) is 8.25. The van der Waals surface area contributed by atoms with Crippen LogP contribution in [0.4, 0.5) is 11.4 Å². The fraction of sp³-hybridized carbons (Fsp3) is 0.316. The quantitative estimate of drug-likeness (QED) is 0.871. The van der Waals surface area contributed by atoms with E-state index < -0.39 is 15.7 Å². The molecule has 0 unspecified atom stereocenters. The van der Waals surface area contributed by atoms with Crippen LogP contribution in [0, 0.1) is 0 Å². The number of amides is 1. The lowest BCUT2D eigenvalue weighted by Gasteiger charge is -2.28. The maximum Gasteiger partial charge on any atom is 0.256 e. The molecule has 2 aromatic rings. The molecule has 2 aromatic carbocycles. The molecule has 0 bridgehead atoms. The minimum absolute atomic E-state index is 0.0501. The number of nitrogens with one attached hydrogen (secondary N) is 1. The van der Waals surface area contributed by atoms with Gasteiger partial charge in [-0.15, -0.1) is 0 Å². The third-order valence-electron chi connectivity index (χ3n) is 4.35. The van der Waals surface area contributed by atoms with Gasteiger partial charge >= 0.3 is 0 Å². The molecule has 26 heavy (non-hydrogen) atoms. The van der Waals surface area contributed by atoms with Crippen LogP contribution in [0.2, 0.25) is 0 Å². The van der Waals surface area contributed by atoms with Crippen LogP contribution in [0.25, 0.3) is 0 Å². The van der Waals surface area contributed by atoms with E-state index in [-0.39, 0.29) is 16.2 Å². The molecule has 6 nitrogen and oxygen atoms in total. The molecule has 0 spiro atoms. The molecule has 1 N–H and O–H groups in total. The lowest BCUT2D eigenvalue weighted by molar-refractivity contribution is 0.102. The van der Waals surface area contributed by atoms with Crippen LogP contribution in [0.5, 0.6) is 0 Å². The molecule has 1 aliphatic heterocycles. The molecule has 138 valence electrons. The summed E-state index contributed by atoms with van der Waals surface area (Å²) >= 11 is 0. The predicted molar refractivity (Wildman–Crippen MR) is 102 cm³/mol. The average Bonchev–Trinajstić information content (AvgIpc) is 2.69. The normalized spacial score (nSPS) is 14.9. The van der Waals surface area contributed by atoms with E-state index in [9.17, 15) is 13.2 Å². The van der Waals surface area contributed by atoms with Gasteiger partial charge in [0.2, 0.25) is 0 Å². The average molecular weight is 374 g/mol. The lowest BCUT2D eigenvalue weighted by atomic mass is 10.2. The van der Waals surface area contributed by atoms with Gasteiger partial charge in [-0.3, -0.25) is 4.79 Å². The van der Waals surface area contributed by atoms with Gasteiger partial charge < -0.3 is 15.0 Å². The first-order chi connectivity index (χ1) is 12.5. The highest BCUT2D eigenvalue weighted by Gasteiger charge is 2.20. The highest BCUT2D eigenvalue weighted by atomic mass is 32.2. The van der Waals surface area contributed by atoms with Crippen LogP contribution < -0.4 is 10.2 Å².